The number of hydrogen-bond donors (Lipinski definition) is 4. The highest BCUT2D eigenvalue weighted by molar-refractivity contribution is 6.04. The molecular formula is C56H92N6O10. The van der Waals surface area contributed by atoms with Crippen molar-refractivity contribution < 1.29 is 47.7 Å². The number of hydrogen-bond acceptors (Lipinski definition) is 14. The van der Waals surface area contributed by atoms with Gasteiger partial charge in [0.2, 0.25) is 0 Å². The van der Waals surface area contributed by atoms with Crippen LogP contribution in [0.1, 0.15) is 211 Å². The van der Waals surface area contributed by atoms with Crippen molar-refractivity contribution in [3.05, 3.63) is 35.4 Å². The molecule has 4 saturated heterocycles. The van der Waals surface area contributed by atoms with E-state index in [4.69, 9.17) is 18.9 Å². The molecule has 0 aromatic heterocycles. The second-order valence-electron chi connectivity index (χ2n) is 27.1. The first-order valence-electron chi connectivity index (χ1n) is 26.3. The zero-order valence-corrected chi connectivity index (χ0v) is 47.6. The number of carbonyl (C=O) groups excluding carboxylic acids is 6. The number of benzene rings is 1. The lowest BCUT2D eigenvalue weighted by Crippen LogP contribution is -2.61. The molecule has 4 N–H and O–H groups in total. The van der Waals surface area contributed by atoms with Gasteiger partial charge in [-0.1, -0.05) is 6.07 Å². The summed E-state index contributed by atoms with van der Waals surface area (Å²) in [5.74, 6) is -4.22. The standard InChI is InChI=1S/C56H92N6O10/c1-33(45(65)69-39-25-49(5,6)57-50(7,8)26-39)61(34(2)46(66)70-40-27-51(9,10)58-52(11,12)28-40)43(63)37-22-21-23-38(24-37)44(64)62(35(3)47(67)71-41-29-53(13,14)59-54(15,16)30-41)36(4)48(68)72-42-31-55(17,18)60-56(19,20)32-42/h21-24,33-36,39-42,57-60H,25-32H2,1-20H3. The predicted molar refractivity (Wildman–Crippen MR) is 278 cm³/mol. The van der Waals surface area contributed by atoms with Crippen molar-refractivity contribution in [2.45, 2.75) is 283 Å². The Bertz CT molecular complexity index is 1870. The van der Waals surface area contributed by atoms with Gasteiger partial charge in [-0.25, -0.2) is 19.2 Å². The van der Waals surface area contributed by atoms with Gasteiger partial charge in [-0.15, -0.1) is 0 Å². The second-order valence-corrected chi connectivity index (χ2v) is 27.1. The summed E-state index contributed by atoms with van der Waals surface area (Å²) in [6.45, 7) is 38.9. The fourth-order valence-corrected chi connectivity index (χ4v) is 13.2. The third kappa shape index (κ3) is 15.5. The van der Waals surface area contributed by atoms with Crippen LogP contribution in [0.4, 0.5) is 0 Å². The number of amides is 2. The predicted octanol–water partition coefficient (Wildman–Crippen LogP) is 7.53. The van der Waals surface area contributed by atoms with E-state index in [0.717, 1.165) is 0 Å². The molecule has 0 saturated carbocycles. The van der Waals surface area contributed by atoms with E-state index in [2.05, 4.69) is 21.3 Å². The monoisotopic (exact) mass is 1010 g/mol. The maximum Gasteiger partial charge on any atom is 0.328 e. The van der Waals surface area contributed by atoms with E-state index < -0.39 is 84.3 Å². The summed E-state index contributed by atoms with van der Waals surface area (Å²) in [5, 5.41) is 14.4. The first-order chi connectivity index (χ1) is 32.6. The van der Waals surface area contributed by atoms with E-state index >= 15 is 9.59 Å². The summed E-state index contributed by atoms with van der Waals surface area (Å²) in [4.78, 5) is 89.8. The van der Waals surface area contributed by atoms with Gasteiger partial charge in [0.15, 0.2) is 0 Å². The summed E-state index contributed by atoms with van der Waals surface area (Å²) in [7, 11) is 0. The van der Waals surface area contributed by atoms with E-state index in [0.29, 0.717) is 51.4 Å². The molecule has 1 aromatic rings. The number of ether oxygens (including phenoxy) is 4. The fourth-order valence-electron chi connectivity index (χ4n) is 13.2. The Morgan fingerprint density at radius 2 is 0.569 bits per heavy atom. The van der Waals surface area contributed by atoms with Gasteiger partial charge >= 0.3 is 23.9 Å². The van der Waals surface area contributed by atoms with E-state index in [1.54, 1.807) is 0 Å². The maximum absolute atomic E-state index is 15.1. The smallest absolute Gasteiger partial charge is 0.328 e. The number of nitrogens with one attached hydrogen (secondary N) is 4. The third-order valence-electron chi connectivity index (χ3n) is 14.6. The van der Waals surface area contributed by atoms with Crippen LogP contribution >= 0.6 is 0 Å². The number of esters is 4. The molecule has 0 radical (unpaired) electrons. The van der Waals surface area contributed by atoms with Crippen LogP contribution in [-0.2, 0) is 38.1 Å². The van der Waals surface area contributed by atoms with Crippen LogP contribution in [-0.4, -0.2) is 138 Å². The molecular weight excluding hydrogens is 917 g/mol. The van der Waals surface area contributed by atoms with E-state index in [9.17, 15) is 19.2 Å². The second kappa shape index (κ2) is 20.9. The van der Waals surface area contributed by atoms with Crippen LogP contribution in [0.2, 0.25) is 0 Å². The third-order valence-corrected chi connectivity index (χ3v) is 14.6. The van der Waals surface area contributed by atoms with Crippen LogP contribution in [0.15, 0.2) is 24.3 Å². The van der Waals surface area contributed by atoms with Gasteiger partial charge in [0, 0.05) is 107 Å². The topological polar surface area (TPSA) is 194 Å². The first-order valence-corrected chi connectivity index (χ1v) is 26.3. The SMILES string of the molecule is CC(C(=O)OC1CC(C)(C)NC(C)(C)C1)N(C(=O)c1cccc(C(=O)N(C(C)C(=O)OC2CC(C)(C)NC(C)(C)C2)C(C)C(=O)OC2CC(C)(C)NC(C)(C)C2)c1)C(C)C(=O)OC1CC(C)(C)NC(C)(C)C1. The van der Waals surface area contributed by atoms with Gasteiger partial charge in [0.1, 0.15) is 48.6 Å². The Morgan fingerprint density at radius 3 is 0.750 bits per heavy atom. The Hall–Kier alpha value is -4.12. The fraction of sp³-hybridized carbons (Fsp3) is 0.786. The molecule has 1 aromatic carbocycles. The number of carbonyl (C=O) groups is 6. The Balaban J connectivity index is 1.50. The molecule has 4 atom stereocenters. The lowest BCUT2D eigenvalue weighted by Gasteiger charge is -2.46. The van der Waals surface area contributed by atoms with Crippen molar-refractivity contribution in [1.29, 1.82) is 0 Å². The quantitative estimate of drug-likeness (QED) is 0.106. The number of nitrogens with zero attached hydrogens (tertiary/aromatic N) is 2. The minimum atomic E-state index is -1.27. The molecule has 16 nitrogen and oxygen atoms in total. The molecule has 5 rings (SSSR count). The summed E-state index contributed by atoms with van der Waals surface area (Å²) in [5.41, 5.74) is -2.77. The Kier molecular flexibility index (Phi) is 17.0. The summed E-state index contributed by atoms with van der Waals surface area (Å²) < 4.78 is 24.7. The average molecular weight is 1010 g/mol. The van der Waals surface area contributed by atoms with E-state index in [-0.39, 0.29) is 55.4 Å². The molecule has 406 valence electrons. The molecule has 0 bridgehead atoms. The minimum absolute atomic E-state index is 0.0165. The van der Waals surface area contributed by atoms with Crippen molar-refractivity contribution in [2.75, 3.05) is 0 Å². The van der Waals surface area contributed by atoms with Crippen LogP contribution in [0.25, 0.3) is 0 Å². The normalized spacial score (nSPS) is 25.1. The molecule has 4 unspecified atom stereocenters. The average Bonchev–Trinajstić information content (AvgIpc) is 3.15. The molecule has 4 fully saturated rings. The summed E-state index contributed by atoms with van der Waals surface area (Å²) in [6, 6.07) is 0.815. The van der Waals surface area contributed by atoms with Crippen molar-refractivity contribution in [3.8, 4) is 0 Å². The Labute approximate surface area is 431 Å². The molecule has 0 spiro atoms. The van der Waals surface area contributed by atoms with Crippen molar-refractivity contribution in [3.63, 3.8) is 0 Å². The molecule has 0 aliphatic carbocycles. The van der Waals surface area contributed by atoms with Gasteiger partial charge in [0.05, 0.1) is 0 Å². The van der Waals surface area contributed by atoms with Crippen molar-refractivity contribution in [2.24, 2.45) is 0 Å². The highest BCUT2D eigenvalue weighted by Crippen LogP contribution is 2.35. The van der Waals surface area contributed by atoms with Crippen molar-refractivity contribution in [1.82, 2.24) is 31.1 Å². The summed E-state index contributed by atoms with van der Waals surface area (Å²) >= 11 is 0. The first kappa shape index (κ1) is 58.8. The molecule has 4 aliphatic heterocycles. The maximum atomic E-state index is 15.1. The molecule has 4 heterocycles. The minimum Gasteiger partial charge on any atom is -0.461 e. The van der Waals surface area contributed by atoms with Gasteiger partial charge in [-0.05, 0) is 157 Å². The largest absolute Gasteiger partial charge is 0.461 e. The van der Waals surface area contributed by atoms with E-state index in [1.807, 2.05) is 111 Å². The lowest BCUT2D eigenvalue weighted by molar-refractivity contribution is -0.166. The molecule has 2 amide bonds. The molecule has 16 heteroatoms. The van der Waals surface area contributed by atoms with Crippen LogP contribution < -0.4 is 21.3 Å². The summed E-state index contributed by atoms with van der Waals surface area (Å²) in [6.07, 6.45) is 2.35. The van der Waals surface area contributed by atoms with Crippen LogP contribution in [0, 0.1) is 0 Å². The van der Waals surface area contributed by atoms with Crippen LogP contribution in [0.3, 0.4) is 0 Å². The number of piperidine rings is 4. The zero-order chi connectivity index (χ0) is 54.5. The highest BCUT2D eigenvalue weighted by atomic mass is 16.6. The number of rotatable bonds is 14. The highest BCUT2D eigenvalue weighted by Gasteiger charge is 2.47. The van der Waals surface area contributed by atoms with Crippen molar-refractivity contribution >= 4 is 35.7 Å². The lowest BCUT2D eigenvalue weighted by atomic mass is 9.81. The van der Waals surface area contributed by atoms with Gasteiger partial charge in [0.25, 0.3) is 11.8 Å². The van der Waals surface area contributed by atoms with Gasteiger partial charge < -0.3 is 50.0 Å². The zero-order valence-electron chi connectivity index (χ0n) is 47.6. The van der Waals surface area contributed by atoms with Gasteiger partial charge in [-0.2, -0.15) is 0 Å². The Morgan fingerprint density at radius 1 is 0.389 bits per heavy atom. The molecule has 4 aliphatic rings. The van der Waals surface area contributed by atoms with Gasteiger partial charge in [-0.3, -0.25) is 9.59 Å². The van der Waals surface area contributed by atoms with E-state index in [1.165, 1.54) is 61.8 Å². The molecule has 72 heavy (non-hydrogen) atoms. The van der Waals surface area contributed by atoms with Crippen LogP contribution in [0.5, 0.6) is 0 Å².